The minimum absolute atomic E-state index is 0.0333. The summed E-state index contributed by atoms with van der Waals surface area (Å²) in [6.07, 6.45) is 1.97. The largest absolute Gasteiger partial charge is 0.409 e. The molecule has 21 heavy (non-hydrogen) atoms. The third kappa shape index (κ3) is 3.76. The normalized spacial score (nSPS) is 11.2. The molecule has 0 radical (unpaired) electrons. The van der Waals surface area contributed by atoms with Gasteiger partial charge in [0.25, 0.3) is 5.91 Å². The van der Waals surface area contributed by atoms with Crippen molar-refractivity contribution >= 4 is 29.2 Å². The standard InChI is InChI=1S/C15H15N3O2S/c1-21-13-7-3-6-12(9-13)17-15(19)11-5-2-4-10(8-11)14(16)18-20/h2-9,20H,1H3,(H2,16,18)(H,17,19). The lowest BCUT2D eigenvalue weighted by molar-refractivity contribution is 0.102. The van der Waals surface area contributed by atoms with Crippen LogP contribution in [-0.4, -0.2) is 23.2 Å². The van der Waals surface area contributed by atoms with Gasteiger partial charge in [-0.15, -0.1) is 11.8 Å². The summed E-state index contributed by atoms with van der Waals surface area (Å²) in [5.41, 5.74) is 7.17. The van der Waals surface area contributed by atoms with Crippen LogP contribution in [0, 0.1) is 0 Å². The van der Waals surface area contributed by atoms with E-state index in [2.05, 4.69) is 10.5 Å². The number of amidine groups is 1. The van der Waals surface area contributed by atoms with Gasteiger partial charge in [-0.3, -0.25) is 4.79 Å². The molecular formula is C15H15N3O2S. The number of amides is 1. The first-order chi connectivity index (χ1) is 10.1. The molecule has 108 valence electrons. The lowest BCUT2D eigenvalue weighted by Gasteiger charge is -2.07. The highest BCUT2D eigenvalue weighted by Gasteiger charge is 2.08. The summed E-state index contributed by atoms with van der Waals surface area (Å²) >= 11 is 1.60. The maximum atomic E-state index is 12.2. The van der Waals surface area contributed by atoms with Crippen molar-refractivity contribution in [2.75, 3.05) is 11.6 Å². The van der Waals surface area contributed by atoms with Gasteiger partial charge in [-0.1, -0.05) is 23.4 Å². The van der Waals surface area contributed by atoms with E-state index in [1.54, 1.807) is 36.0 Å². The van der Waals surface area contributed by atoms with Gasteiger partial charge in [0.05, 0.1) is 0 Å². The van der Waals surface area contributed by atoms with E-state index in [1.807, 2.05) is 30.5 Å². The zero-order valence-corrected chi connectivity index (χ0v) is 12.2. The molecule has 0 unspecified atom stereocenters. The van der Waals surface area contributed by atoms with Gasteiger partial charge in [0, 0.05) is 21.7 Å². The molecule has 2 aromatic carbocycles. The Bertz CT molecular complexity index is 686. The monoisotopic (exact) mass is 301 g/mol. The minimum Gasteiger partial charge on any atom is -0.409 e. The van der Waals surface area contributed by atoms with Gasteiger partial charge in [0.2, 0.25) is 0 Å². The molecular weight excluding hydrogens is 286 g/mol. The SMILES string of the molecule is CSc1cccc(NC(=O)c2cccc(/C(N)=N/O)c2)c1. The molecule has 6 heteroatoms. The highest BCUT2D eigenvalue weighted by atomic mass is 32.2. The molecule has 0 aliphatic carbocycles. The van der Waals surface area contributed by atoms with Crippen LogP contribution in [0.4, 0.5) is 5.69 Å². The fourth-order valence-electron chi connectivity index (χ4n) is 1.78. The molecule has 2 aromatic rings. The molecule has 0 saturated heterocycles. The van der Waals surface area contributed by atoms with E-state index in [0.717, 1.165) is 10.6 Å². The van der Waals surface area contributed by atoms with Crippen molar-refractivity contribution < 1.29 is 10.0 Å². The Morgan fingerprint density at radius 2 is 1.90 bits per heavy atom. The lowest BCUT2D eigenvalue weighted by atomic mass is 10.1. The van der Waals surface area contributed by atoms with E-state index < -0.39 is 0 Å². The molecule has 4 N–H and O–H groups in total. The maximum Gasteiger partial charge on any atom is 0.255 e. The Balaban J connectivity index is 2.20. The highest BCUT2D eigenvalue weighted by Crippen LogP contribution is 2.19. The summed E-state index contributed by atoms with van der Waals surface area (Å²) in [5.74, 6) is -0.283. The summed E-state index contributed by atoms with van der Waals surface area (Å²) in [7, 11) is 0. The lowest BCUT2D eigenvalue weighted by Crippen LogP contribution is -2.16. The number of nitrogens with two attached hydrogens (primary N) is 1. The average Bonchev–Trinajstić information content (AvgIpc) is 2.54. The minimum atomic E-state index is -0.249. The molecule has 0 aliphatic heterocycles. The van der Waals surface area contributed by atoms with Crippen molar-refractivity contribution in [1.29, 1.82) is 0 Å². The fraction of sp³-hybridized carbons (Fsp3) is 0.0667. The topological polar surface area (TPSA) is 87.7 Å². The van der Waals surface area contributed by atoms with Gasteiger partial charge < -0.3 is 16.3 Å². The number of carbonyl (C=O) groups excluding carboxylic acids is 1. The van der Waals surface area contributed by atoms with Crippen molar-refractivity contribution in [3.8, 4) is 0 Å². The summed E-state index contributed by atoms with van der Waals surface area (Å²) < 4.78 is 0. The van der Waals surface area contributed by atoms with Crippen LogP contribution in [-0.2, 0) is 0 Å². The number of rotatable bonds is 4. The number of nitrogens with one attached hydrogen (secondary N) is 1. The fourth-order valence-corrected chi connectivity index (χ4v) is 2.24. The predicted molar refractivity (Wildman–Crippen MR) is 85.1 cm³/mol. The number of hydrogen-bond acceptors (Lipinski definition) is 4. The molecule has 0 fully saturated rings. The number of hydrogen-bond donors (Lipinski definition) is 3. The van der Waals surface area contributed by atoms with E-state index in [1.165, 1.54) is 0 Å². The Labute approximate surface area is 126 Å². The molecule has 0 aromatic heterocycles. The van der Waals surface area contributed by atoms with Crippen molar-refractivity contribution in [3.63, 3.8) is 0 Å². The second-order valence-electron chi connectivity index (χ2n) is 4.25. The van der Waals surface area contributed by atoms with Gasteiger partial charge in [0.1, 0.15) is 0 Å². The third-order valence-electron chi connectivity index (χ3n) is 2.86. The Morgan fingerprint density at radius 3 is 2.62 bits per heavy atom. The third-order valence-corrected chi connectivity index (χ3v) is 3.58. The molecule has 0 aliphatic rings. The van der Waals surface area contributed by atoms with Crippen LogP contribution in [0.25, 0.3) is 0 Å². The van der Waals surface area contributed by atoms with Crippen molar-refractivity contribution in [3.05, 3.63) is 59.7 Å². The first-order valence-corrected chi connectivity index (χ1v) is 7.40. The van der Waals surface area contributed by atoms with Gasteiger partial charge >= 0.3 is 0 Å². The first kappa shape index (κ1) is 14.9. The number of carbonyl (C=O) groups is 1. The van der Waals surface area contributed by atoms with Crippen LogP contribution in [0.15, 0.2) is 58.6 Å². The molecule has 0 atom stereocenters. The van der Waals surface area contributed by atoms with Crippen LogP contribution < -0.4 is 11.1 Å². The van der Waals surface area contributed by atoms with Crippen LogP contribution in [0.1, 0.15) is 15.9 Å². The molecule has 2 rings (SSSR count). The molecule has 5 nitrogen and oxygen atoms in total. The number of benzene rings is 2. The van der Waals surface area contributed by atoms with Gasteiger partial charge in [-0.2, -0.15) is 0 Å². The van der Waals surface area contributed by atoms with E-state index in [0.29, 0.717) is 11.1 Å². The Hall–Kier alpha value is -2.47. The van der Waals surface area contributed by atoms with Crippen molar-refractivity contribution in [2.45, 2.75) is 4.90 Å². The van der Waals surface area contributed by atoms with Gasteiger partial charge in [0.15, 0.2) is 5.84 Å². The molecule has 0 heterocycles. The second-order valence-corrected chi connectivity index (χ2v) is 5.13. The van der Waals surface area contributed by atoms with Crippen LogP contribution in [0.3, 0.4) is 0 Å². The Kier molecular flexibility index (Phi) is 4.84. The smallest absolute Gasteiger partial charge is 0.255 e. The van der Waals surface area contributed by atoms with Crippen molar-refractivity contribution in [1.82, 2.24) is 0 Å². The van der Waals surface area contributed by atoms with Gasteiger partial charge in [-0.05, 0) is 36.6 Å². The summed E-state index contributed by atoms with van der Waals surface area (Å²) in [4.78, 5) is 13.3. The van der Waals surface area contributed by atoms with E-state index in [-0.39, 0.29) is 11.7 Å². The van der Waals surface area contributed by atoms with Crippen LogP contribution >= 0.6 is 11.8 Å². The second kappa shape index (κ2) is 6.81. The van der Waals surface area contributed by atoms with Crippen LogP contribution in [0.5, 0.6) is 0 Å². The van der Waals surface area contributed by atoms with E-state index in [9.17, 15) is 4.79 Å². The number of nitrogens with zero attached hydrogens (tertiary/aromatic N) is 1. The molecule has 0 bridgehead atoms. The maximum absolute atomic E-state index is 12.2. The van der Waals surface area contributed by atoms with E-state index >= 15 is 0 Å². The summed E-state index contributed by atoms with van der Waals surface area (Å²) in [5, 5.41) is 14.4. The number of anilines is 1. The van der Waals surface area contributed by atoms with Crippen LogP contribution in [0.2, 0.25) is 0 Å². The predicted octanol–water partition coefficient (Wildman–Crippen LogP) is 2.76. The van der Waals surface area contributed by atoms with E-state index in [4.69, 9.17) is 10.9 Å². The zero-order chi connectivity index (χ0) is 15.2. The van der Waals surface area contributed by atoms with Crippen molar-refractivity contribution in [2.24, 2.45) is 10.9 Å². The zero-order valence-electron chi connectivity index (χ0n) is 11.4. The highest BCUT2D eigenvalue weighted by molar-refractivity contribution is 7.98. The quantitative estimate of drug-likeness (QED) is 0.266. The average molecular weight is 301 g/mol. The molecule has 0 spiro atoms. The Morgan fingerprint density at radius 1 is 1.19 bits per heavy atom. The summed E-state index contributed by atoms with van der Waals surface area (Å²) in [6, 6.07) is 14.2. The number of thioether (sulfide) groups is 1. The molecule has 0 saturated carbocycles. The summed E-state index contributed by atoms with van der Waals surface area (Å²) in [6.45, 7) is 0. The first-order valence-electron chi connectivity index (χ1n) is 6.17. The number of oxime groups is 1. The molecule has 1 amide bonds. The van der Waals surface area contributed by atoms with Gasteiger partial charge in [-0.25, -0.2) is 0 Å².